The van der Waals surface area contributed by atoms with Gasteiger partial charge >= 0.3 is 0 Å². The molecule has 2 aromatic carbocycles. The first-order valence-corrected chi connectivity index (χ1v) is 6.18. The molecule has 0 aromatic heterocycles. The molecule has 20 heavy (non-hydrogen) atoms. The molecule has 0 unspecified atom stereocenters. The second-order valence-corrected chi connectivity index (χ2v) is 4.03. The summed E-state index contributed by atoms with van der Waals surface area (Å²) in [5, 5.41) is 8.57. The third kappa shape index (κ3) is 3.66. The average molecular weight is 269 g/mol. The maximum Gasteiger partial charge on any atom is 0.174 e. The predicted octanol–water partition coefficient (Wildman–Crippen LogP) is 3.18. The Balaban J connectivity index is 2.06. The Bertz CT molecular complexity index is 590. The van der Waals surface area contributed by atoms with E-state index in [1.165, 1.54) is 0 Å². The van der Waals surface area contributed by atoms with Gasteiger partial charge in [0.15, 0.2) is 18.1 Å². The zero-order valence-corrected chi connectivity index (χ0v) is 11.2. The summed E-state index contributed by atoms with van der Waals surface area (Å²) in [6.45, 7) is 0.448. The predicted molar refractivity (Wildman–Crippen MR) is 74.9 cm³/mol. The summed E-state index contributed by atoms with van der Waals surface area (Å²) in [6, 6.07) is 17.1. The minimum atomic E-state index is -0.0293. The Labute approximate surface area is 118 Å². The van der Waals surface area contributed by atoms with Gasteiger partial charge in [0, 0.05) is 6.07 Å². The first-order valence-electron chi connectivity index (χ1n) is 6.18. The van der Waals surface area contributed by atoms with Crippen molar-refractivity contribution in [3.8, 4) is 23.3 Å². The van der Waals surface area contributed by atoms with Crippen molar-refractivity contribution in [2.45, 2.75) is 6.61 Å². The zero-order valence-electron chi connectivity index (χ0n) is 11.2. The lowest BCUT2D eigenvalue weighted by Gasteiger charge is -2.11. The Kier molecular flexibility index (Phi) is 4.85. The molecule has 0 heterocycles. The van der Waals surface area contributed by atoms with Crippen LogP contribution in [0.25, 0.3) is 0 Å². The minimum absolute atomic E-state index is 0.0293. The number of nitrogens with zero attached hydrogens (tertiary/aromatic N) is 1. The van der Waals surface area contributed by atoms with Gasteiger partial charge in [0.1, 0.15) is 18.4 Å². The number of benzene rings is 2. The van der Waals surface area contributed by atoms with E-state index in [1.54, 1.807) is 25.3 Å². The summed E-state index contributed by atoms with van der Waals surface area (Å²) in [7, 11) is 1.55. The van der Waals surface area contributed by atoms with Gasteiger partial charge in [0.2, 0.25) is 0 Å². The summed E-state index contributed by atoms with van der Waals surface area (Å²) < 4.78 is 16.2. The van der Waals surface area contributed by atoms with Gasteiger partial charge in [-0.25, -0.2) is 0 Å². The summed E-state index contributed by atoms with van der Waals surface area (Å²) in [5.41, 5.74) is 1.09. The quantitative estimate of drug-likeness (QED) is 0.808. The zero-order chi connectivity index (χ0) is 14.2. The molecular weight excluding hydrogens is 254 g/mol. The van der Waals surface area contributed by atoms with E-state index in [2.05, 4.69) is 0 Å². The average Bonchev–Trinajstić information content (AvgIpc) is 2.52. The number of rotatable bonds is 6. The highest BCUT2D eigenvalue weighted by atomic mass is 16.5. The molecule has 2 rings (SSSR count). The number of ether oxygens (including phenoxy) is 3. The van der Waals surface area contributed by atoms with Crippen LogP contribution in [0.2, 0.25) is 0 Å². The van der Waals surface area contributed by atoms with E-state index in [9.17, 15) is 0 Å². The summed E-state index contributed by atoms with van der Waals surface area (Å²) in [5.74, 6) is 1.74. The first-order chi connectivity index (χ1) is 9.83. The van der Waals surface area contributed by atoms with Crippen LogP contribution in [0.3, 0.4) is 0 Å². The molecule has 4 nitrogen and oxygen atoms in total. The molecule has 0 aliphatic rings. The topological polar surface area (TPSA) is 51.5 Å². The van der Waals surface area contributed by atoms with Gasteiger partial charge in [-0.2, -0.15) is 5.26 Å². The number of nitriles is 1. The molecule has 0 atom stereocenters. The van der Waals surface area contributed by atoms with Gasteiger partial charge in [0.25, 0.3) is 0 Å². The maximum atomic E-state index is 8.57. The summed E-state index contributed by atoms with van der Waals surface area (Å²) in [6.07, 6.45) is 0. The van der Waals surface area contributed by atoms with Crippen molar-refractivity contribution < 1.29 is 14.2 Å². The molecule has 0 amide bonds. The molecule has 0 saturated heterocycles. The van der Waals surface area contributed by atoms with Crippen LogP contribution < -0.4 is 14.2 Å². The van der Waals surface area contributed by atoms with Crippen molar-refractivity contribution in [3.05, 3.63) is 54.1 Å². The van der Waals surface area contributed by atoms with Gasteiger partial charge in [0.05, 0.1) is 7.11 Å². The Morgan fingerprint density at radius 3 is 2.50 bits per heavy atom. The Hall–Kier alpha value is -2.67. The van der Waals surface area contributed by atoms with Crippen LogP contribution in [-0.4, -0.2) is 13.7 Å². The lowest BCUT2D eigenvalue weighted by atomic mass is 10.2. The SMILES string of the molecule is COc1ccc(OCc2ccccc2)cc1OCC#N. The van der Waals surface area contributed by atoms with Crippen LogP contribution in [0.1, 0.15) is 5.56 Å². The second-order valence-electron chi connectivity index (χ2n) is 4.03. The lowest BCUT2D eigenvalue weighted by Crippen LogP contribution is -1.99. The van der Waals surface area contributed by atoms with Gasteiger partial charge in [-0.15, -0.1) is 0 Å². The standard InChI is InChI=1S/C16H15NO3/c1-18-15-8-7-14(11-16(15)19-10-9-17)20-12-13-5-3-2-4-6-13/h2-8,11H,10,12H2,1H3. The molecule has 0 spiro atoms. The summed E-state index contributed by atoms with van der Waals surface area (Å²) in [4.78, 5) is 0. The van der Waals surface area contributed by atoms with Crippen LogP contribution in [0, 0.1) is 11.3 Å². The minimum Gasteiger partial charge on any atom is -0.493 e. The van der Waals surface area contributed by atoms with Crippen LogP contribution in [0.5, 0.6) is 17.2 Å². The molecule has 0 aliphatic heterocycles. The molecule has 0 radical (unpaired) electrons. The van der Waals surface area contributed by atoms with Crippen LogP contribution in [0.4, 0.5) is 0 Å². The van der Waals surface area contributed by atoms with Crippen molar-refractivity contribution in [1.29, 1.82) is 5.26 Å². The van der Waals surface area contributed by atoms with Crippen LogP contribution in [-0.2, 0) is 6.61 Å². The van der Waals surface area contributed by atoms with Crippen molar-refractivity contribution in [2.75, 3.05) is 13.7 Å². The molecule has 4 heteroatoms. The molecule has 102 valence electrons. The highest BCUT2D eigenvalue weighted by Gasteiger charge is 2.06. The molecule has 0 aliphatic carbocycles. The second kappa shape index (κ2) is 7.05. The van der Waals surface area contributed by atoms with Crippen molar-refractivity contribution in [1.82, 2.24) is 0 Å². The van der Waals surface area contributed by atoms with Crippen LogP contribution >= 0.6 is 0 Å². The van der Waals surface area contributed by atoms with Gasteiger partial charge in [-0.05, 0) is 17.7 Å². The highest BCUT2D eigenvalue weighted by Crippen LogP contribution is 2.31. The third-order valence-electron chi connectivity index (χ3n) is 2.68. The fourth-order valence-electron chi connectivity index (χ4n) is 1.71. The Morgan fingerprint density at radius 2 is 1.80 bits per heavy atom. The van der Waals surface area contributed by atoms with Crippen molar-refractivity contribution >= 4 is 0 Å². The number of hydrogen-bond acceptors (Lipinski definition) is 4. The van der Waals surface area contributed by atoms with E-state index in [0.29, 0.717) is 23.9 Å². The van der Waals surface area contributed by atoms with E-state index in [0.717, 1.165) is 5.56 Å². The molecular formula is C16H15NO3. The Morgan fingerprint density at radius 1 is 1.00 bits per heavy atom. The van der Waals surface area contributed by atoms with E-state index >= 15 is 0 Å². The van der Waals surface area contributed by atoms with E-state index < -0.39 is 0 Å². The highest BCUT2D eigenvalue weighted by molar-refractivity contribution is 5.45. The normalized spacial score (nSPS) is 9.60. The van der Waals surface area contributed by atoms with Crippen LogP contribution in [0.15, 0.2) is 48.5 Å². The molecule has 0 bridgehead atoms. The van der Waals surface area contributed by atoms with Gasteiger partial charge in [-0.3, -0.25) is 0 Å². The number of hydrogen-bond donors (Lipinski definition) is 0. The van der Waals surface area contributed by atoms with E-state index in [4.69, 9.17) is 19.5 Å². The fourth-order valence-corrected chi connectivity index (χ4v) is 1.71. The largest absolute Gasteiger partial charge is 0.493 e. The van der Waals surface area contributed by atoms with Gasteiger partial charge in [-0.1, -0.05) is 30.3 Å². The number of methoxy groups -OCH3 is 1. The summed E-state index contributed by atoms with van der Waals surface area (Å²) >= 11 is 0. The fraction of sp³-hybridized carbons (Fsp3) is 0.188. The molecule has 0 N–H and O–H groups in total. The molecule has 2 aromatic rings. The maximum absolute atomic E-state index is 8.57. The monoisotopic (exact) mass is 269 g/mol. The molecule has 0 fully saturated rings. The lowest BCUT2D eigenvalue weighted by molar-refractivity contribution is 0.296. The molecule has 0 saturated carbocycles. The van der Waals surface area contributed by atoms with Gasteiger partial charge < -0.3 is 14.2 Å². The van der Waals surface area contributed by atoms with Crippen molar-refractivity contribution in [3.63, 3.8) is 0 Å². The smallest absolute Gasteiger partial charge is 0.174 e. The van der Waals surface area contributed by atoms with Crippen molar-refractivity contribution in [2.24, 2.45) is 0 Å². The first kappa shape index (κ1) is 13.8. The van der Waals surface area contributed by atoms with E-state index in [-0.39, 0.29) is 6.61 Å². The third-order valence-corrected chi connectivity index (χ3v) is 2.68. The van der Waals surface area contributed by atoms with E-state index in [1.807, 2.05) is 36.4 Å².